The third kappa shape index (κ3) is 4.60. The first kappa shape index (κ1) is 18.4. The minimum Gasteiger partial charge on any atom is -0.343 e. The Kier molecular flexibility index (Phi) is 6.10. The standard InChI is InChI=1S/C19H32N4O2/c1-14(2)18-20-19(25-21-18)15-9-12-23(13-10-15)17(24)8-7-16-6-4-5-11-22(16)3/h14-16H,4-13H2,1-3H3/t16-/m0/s1. The lowest BCUT2D eigenvalue weighted by molar-refractivity contribution is -0.132. The maximum atomic E-state index is 12.5. The first-order valence-corrected chi connectivity index (χ1v) is 9.86. The molecule has 6 nitrogen and oxygen atoms in total. The third-order valence-electron chi connectivity index (χ3n) is 5.78. The fourth-order valence-corrected chi connectivity index (χ4v) is 3.98. The van der Waals surface area contributed by atoms with E-state index in [1.165, 1.54) is 25.8 Å². The van der Waals surface area contributed by atoms with Crippen LogP contribution in [-0.4, -0.2) is 58.6 Å². The highest BCUT2D eigenvalue weighted by molar-refractivity contribution is 5.76. The number of amides is 1. The van der Waals surface area contributed by atoms with Crippen molar-refractivity contribution in [3.05, 3.63) is 11.7 Å². The Morgan fingerprint density at radius 3 is 2.60 bits per heavy atom. The van der Waals surface area contributed by atoms with Crippen LogP contribution in [0.3, 0.4) is 0 Å². The Bertz CT molecular complexity index is 564. The molecule has 0 bridgehead atoms. The van der Waals surface area contributed by atoms with Crippen molar-refractivity contribution in [2.45, 2.75) is 76.7 Å². The van der Waals surface area contributed by atoms with Gasteiger partial charge in [0.25, 0.3) is 0 Å². The van der Waals surface area contributed by atoms with Crippen molar-refractivity contribution in [2.24, 2.45) is 0 Å². The van der Waals surface area contributed by atoms with Crippen molar-refractivity contribution < 1.29 is 9.32 Å². The molecule has 2 saturated heterocycles. The topological polar surface area (TPSA) is 62.5 Å². The fourth-order valence-electron chi connectivity index (χ4n) is 3.98. The number of nitrogens with zero attached hydrogens (tertiary/aromatic N) is 4. The van der Waals surface area contributed by atoms with E-state index < -0.39 is 0 Å². The highest BCUT2D eigenvalue weighted by Crippen LogP contribution is 2.28. The Hall–Kier alpha value is -1.43. The summed E-state index contributed by atoms with van der Waals surface area (Å²) < 4.78 is 5.43. The molecular formula is C19H32N4O2. The van der Waals surface area contributed by atoms with Crippen molar-refractivity contribution in [3.8, 4) is 0 Å². The molecule has 3 heterocycles. The maximum absolute atomic E-state index is 12.5. The van der Waals surface area contributed by atoms with Gasteiger partial charge in [0.1, 0.15) is 0 Å². The van der Waals surface area contributed by atoms with E-state index in [9.17, 15) is 4.79 Å². The molecule has 2 aliphatic heterocycles. The normalized spacial score (nSPS) is 23.4. The van der Waals surface area contributed by atoms with Gasteiger partial charge in [0.15, 0.2) is 5.82 Å². The molecule has 0 aromatic carbocycles. The lowest BCUT2D eigenvalue weighted by atomic mass is 9.95. The molecule has 0 aliphatic carbocycles. The van der Waals surface area contributed by atoms with Crippen molar-refractivity contribution in [3.63, 3.8) is 0 Å². The molecule has 1 atom stereocenters. The number of hydrogen-bond acceptors (Lipinski definition) is 5. The number of carbonyl (C=O) groups excluding carboxylic acids is 1. The van der Waals surface area contributed by atoms with Gasteiger partial charge in [0, 0.05) is 37.4 Å². The van der Waals surface area contributed by atoms with Crippen LogP contribution in [0.4, 0.5) is 0 Å². The monoisotopic (exact) mass is 348 g/mol. The van der Waals surface area contributed by atoms with Gasteiger partial charge in [-0.15, -0.1) is 0 Å². The zero-order valence-corrected chi connectivity index (χ0v) is 15.9. The number of piperidine rings is 2. The van der Waals surface area contributed by atoms with Crippen LogP contribution in [-0.2, 0) is 4.79 Å². The van der Waals surface area contributed by atoms with Gasteiger partial charge in [-0.25, -0.2) is 0 Å². The van der Waals surface area contributed by atoms with Crippen LogP contribution in [0.5, 0.6) is 0 Å². The van der Waals surface area contributed by atoms with E-state index in [2.05, 4.69) is 35.9 Å². The second kappa shape index (κ2) is 8.30. The largest absolute Gasteiger partial charge is 0.343 e. The summed E-state index contributed by atoms with van der Waals surface area (Å²) in [6, 6.07) is 0.586. The summed E-state index contributed by atoms with van der Waals surface area (Å²) >= 11 is 0. The summed E-state index contributed by atoms with van der Waals surface area (Å²) in [5.41, 5.74) is 0. The Balaban J connectivity index is 1.44. The smallest absolute Gasteiger partial charge is 0.229 e. The number of aromatic nitrogens is 2. The Morgan fingerprint density at radius 1 is 1.20 bits per heavy atom. The summed E-state index contributed by atoms with van der Waals surface area (Å²) in [5.74, 6) is 2.43. The van der Waals surface area contributed by atoms with Crippen LogP contribution in [0.25, 0.3) is 0 Å². The van der Waals surface area contributed by atoms with E-state index in [0.29, 0.717) is 24.3 Å². The van der Waals surface area contributed by atoms with E-state index in [1.54, 1.807) is 0 Å². The lowest BCUT2D eigenvalue weighted by Gasteiger charge is -2.34. The average molecular weight is 348 g/mol. The van der Waals surface area contributed by atoms with E-state index in [-0.39, 0.29) is 5.92 Å². The summed E-state index contributed by atoms with van der Waals surface area (Å²) in [6.45, 7) is 6.93. The van der Waals surface area contributed by atoms with Gasteiger partial charge in [-0.05, 0) is 45.7 Å². The van der Waals surface area contributed by atoms with Gasteiger partial charge in [-0.1, -0.05) is 25.4 Å². The van der Waals surface area contributed by atoms with Crippen LogP contribution >= 0.6 is 0 Å². The summed E-state index contributed by atoms with van der Waals surface area (Å²) in [6.07, 6.45) is 7.36. The number of rotatable bonds is 5. The van der Waals surface area contributed by atoms with Crippen LogP contribution in [0, 0.1) is 0 Å². The minimum atomic E-state index is 0.289. The Labute approximate surface area is 150 Å². The molecule has 3 rings (SSSR count). The Morgan fingerprint density at radius 2 is 1.96 bits per heavy atom. The molecule has 1 aromatic rings. The number of hydrogen-bond donors (Lipinski definition) is 0. The maximum Gasteiger partial charge on any atom is 0.229 e. The molecule has 25 heavy (non-hydrogen) atoms. The molecule has 140 valence electrons. The van der Waals surface area contributed by atoms with Crippen LogP contribution in [0.2, 0.25) is 0 Å². The number of carbonyl (C=O) groups is 1. The molecule has 0 spiro atoms. The average Bonchev–Trinajstić information content (AvgIpc) is 3.11. The van der Waals surface area contributed by atoms with Crippen LogP contribution < -0.4 is 0 Å². The van der Waals surface area contributed by atoms with Crippen LogP contribution in [0.15, 0.2) is 4.52 Å². The molecule has 0 N–H and O–H groups in total. The minimum absolute atomic E-state index is 0.289. The lowest BCUT2D eigenvalue weighted by Crippen LogP contribution is -2.40. The predicted molar refractivity (Wildman–Crippen MR) is 96.4 cm³/mol. The second-order valence-corrected chi connectivity index (χ2v) is 7.97. The molecule has 0 unspecified atom stereocenters. The summed E-state index contributed by atoms with van der Waals surface area (Å²) in [5, 5.41) is 4.06. The zero-order chi connectivity index (χ0) is 17.8. The van der Waals surface area contributed by atoms with Crippen LogP contribution in [0.1, 0.15) is 82.3 Å². The molecule has 1 aromatic heterocycles. The first-order valence-electron chi connectivity index (χ1n) is 9.86. The SMILES string of the molecule is CC(C)c1noc(C2CCN(C(=O)CC[C@@H]3CCCCN3C)CC2)n1. The van der Waals surface area contributed by atoms with Gasteiger partial charge in [-0.3, -0.25) is 4.79 Å². The molecule has 0 saturated carbocycles. The first-order chi connectivity index (χ1) is 12.0. The van der Waals surface area contributed by atoms with Crippen molar-refractivity contribution >= 4 is 5.91 Å². The van der Waals surface area contributed by atoms with Gasteiger partial charge < -0.3 is 14.3 Å². The van der Waals surface area contributed by atoms with E-state index in [4.69, 9.17) is 4.52 Å². The predicted octanol–water partition coefficient (Wildman–Crippen LogP) is 3.16. The van der Waals surface area contributed by atoms with E-state index in [0.717, 1.165) is 44.1 Å². The highest BCUT2D eigenvalue weighted by Gasteiger charge is 2.28. The summed E-state index contributed by atoms with van der Waals surface area (Å²) in [7, 11) is 2.19. The van der Waals surface area contributed by atoms with Crippen molar-refractivity contribution in [2.75, 3.05) is 26.7 Å². The zero-order valence-electron chi connectivity index (χ0n) is 15.9. The molecular weight excluding hydrogens is 316 g/mol. The van der Waals surface area contributed by atoms with Gasteiger partial charge >= 0.3 is 0 Å². The second-order valence-electron chi connectivity index (χ2n) is 7.97. The van der Waals surface area contributed by atoms with Crippen molar-refractivity contribution in [1.82, 2.24) is 19.9 Å². The molecule has 2 fully saturated rings. The fraction of sp³-hybridized carbons (Fsp3) is 0.842. The molecule has 1 amide bonds. The molecule has 2 aliphatic rings. The van der Waals surface area contributed by atoms with Gasteiger partial charge in [-0.2, -0.15) is 4.98 Å². The third-order valence-corrected chi connectivity index (χ3v) is 5.78. The van der Waals surface area contributed by atoms with Crippen molar-refractivity contribution in [1.29, 1.82) is 0 Å². The molecule has 6 heteroatoms. The van der Waals surface area contributed by atoms with E-state index >= 15 is 0 Å². The highest BCUT2D eigenvalue weighted by atomic mass is 16.5. The number of likely N-dealkylation sites (tertiary alicyclic amines) is 2. The molecule has 0 radical (unpaired) electrons. The van der Waals surface area contributed by atoms with E-state index in [1.807, 2.05) is 4.90 Å². The summed E-state index contributed by atoms with van der Waals surface area (Å²) in [4.78, 5) is 21.5. The van der Waals surface area contributed by atoms with Gasteiger partial charge in [0.05, 0.1) is 0 Å². The van der Waals surface area contributed by atoms with Gasteiger partial charge in [0.2, 0.25) is 11.8 Å². The quantitative estimate of drug-likeness (QED) is 0.818.